The lowest BCUT2D eigenvalue weighted by molar-refractivity contribution is -0.141. The smallest absolute Gasteiger partial charge is 0.306 e. The maximum absolute atomic E-state index is 10.6. The van der Waals surface area contributed by atoms with E-state index in [1.54, 1.807) is 18.6 Å². The molecule has 0 aromatic carbocycles. The van der Waals surface area contributed by atoms with Crippen LogP contribution in [0.15, 0.2) is 23.0 Å². The highest BCUT2D eigenvalue weighted by Crippen LogP contribution is 2.12. The predicted molar refractivity (Wildman–Crippen MR) is 43.8 cm³/mol. The molecule has 0 bridgehead atoms. The zero-order valence-corrected chi connectivity index (χ0v) is 6.99. The summed E-state index contributed by atoms with van der Waals surface area (Å²) in [6.07, 6.45) is 4.36. The molecule has 1 rings (SSSR count). The van der Waals surface area contributed by atoms with E-state index in [-0.39, 0.29) is 5.92 Å². The van der Waals surface area contributed by atoms with Gasteiger partial charge in [-0.3, -0.25) is 4.79 Å². The van der Waals surface area contributed by atoms with Crippen molar-refractivity contribution in [2.75, 3.05) is 0 Å². The van der Waals surface area contributed by atoms with Crippen LogP contribution in [-0.2, 0) is 11.2 Å². The lowest BCUT2D eigenvalue weighted by atomic mass is 9.99. The van der Waals surface area contributed by atoms with Gasteiger partial charge in [-0.2, -0.15) is 0 Å². The Balaban J connectivity index is 2.54. The molecule has 0 fully saturated rings. The van der Waals surface area contributed by atoms with E-state index < -0.39 is 5.97 Å². The molecule has 1 heterocycles. The molecule has 0 saturated carbocycles. The number of hydrogen-bond donors (Lipinski definition) is 1. The Morgan fingerprint density at radius 3 is 2.92 bits per heavy atom. The molecular weight excluding hydrogens is 156 g/mol. The lowest BCUT2D eigenvalue weighted by Gasteiger charge is -2.06. The van der Waals surface area contributed by atoms with Gasteiger partial charge in [-0.25, -0.2) is 0 Å². The molecular formula is C9H12O3. The highest BCUT2D eigenvalue weighted by Gasteiger charge is 2.15. The van der Waals surface area contributed by atoms with Crippen LogP contribution in [0.25, 0.3) is 0 Å². The summed E-state index contributed by atoms with van der Waals surface area (Å²) in [5.41, 5.74) is 0.948. The van der Waals surface area contributed by atoms with Gasteiger partial charge >= 0.3 is 5.97 Å². The van der Waals surface area contributed by atoms with Gasteiger partial charge in [-0.1, -0.05) is 6.92 Å². The molecule has 1 aromatic heterocycles. The minimum atomic E-state index is -0.737. The third-order valence-electron chi connectivity index (χ3n) is 1.90. The van der Waals surface area contributed by atoms with Gasteiger partial charge in [0.25, 0.3) is 0 Å². The van der Waals surface area contributed by atoms with Crippen molar-refractivity contribution in [2.24, 2.45) is 5.92 Å². The fraction of sp³-hybridized carbons (Fsp3) is 0.444. The molecule has 0 aliphatic carbocycles. The Morgan fingerprint density at radius 2 is 2.50 bits per heavy atom. The number of hydrogen-bond acceptors (Lipinski definition) is 2. The van der Waals surface area contributed by atoms with Crippen molar-refractivity contribution in [3.63, 3.8) is 0 Å². The monoisotopic (exact) mass is 168 g/mol. The number of carbonyl (C=O) groups is 1. The second-order valence-electron chi connectivity index (χ2n) is 2.78. The third-order valence-corrected chi connectivity index (χ3v) is 1.90. The molecule has 0 radical (unpaired) electrons. The van der Waals surface area contributed by atoms with Crippen molar-refractivity contribution < 1.29 is 14.3 Å². The van der Waals surface area contributed by atoms with Crippen LogP contribution in [0.1, 0.15) is 18.9 Å². The summed E-state index contributed by atoms with van der Waals surface area (Å²) in [4.78, 5) is 10.6. The molecule has 1 N–H and O–H groups in total. The average molecular weight is 168 g/mol. The zero-order chi connectivity index (χ0) is 8.97. The number of aliphatic carboxylic acids is 1. The lowest BCUT2D eigenvalue weighted by Crippen LogP contribution is -2.14. The molecule has 0 amide bonds. The molecule has 1 atom stereocenters. The maximum atomic E-state index is 10.6. The van der Waals surface area contributed by atoms with Crippen LogP contribution in [-0.4, -0.2) is 11.1 Å². The van der Waals surface area contributed by atoms with Crippen molar-refractivity contribution >= 4 is 5.97 Å². The van der Waals surface area contributed by atoms with Gasteiger partial charge in [-0.15, -0.1) is 0 Å². The number of carboxylic acid groups (broad SMARTS) is 1. The predicted octanol–water partition coefficient (Wildman–Crippen LogP) is 1.93. The van der Waals surface area contributed by atoms with Crippen LogP contribution < -0.4 is 0 Å². The molecule has 0 aliphatic rings. The normalized spacial score (nSPS) is 12.8. The summed E-state index contributed by atoms with van der Waals surface area (Å²) in [5, 5.41) is 8.74. The summed E-state index contributed by atoms with van der Waals surface area (Å²) in [5.74, 6) is -1.03. The Morgan fingerprint density at radius 1 is 1.75 bits per heavy atom. The Labute approximate surface area is 71.0 Å². The van der Waals surface area contributed by atoms with E-state index >= 15 is 0 Å². The first kappa shape index (κ1) is 8.84. The van der Waals surface area contributed by atoms with E-state index in [1.807, 2.05) is 6.92 Å². The summed E-state index contributed by atoms with van der Waals surface area (Å²) in [6, 6.07) is 1.80. The summed E-state index contributed by atoms with van der Waals surface area (Å²) in [7, 11) is 0. The molecule has 12 heavy (non-hydrogen) atoms. The second kappa shape index (κ2) is 3.95. The standard InChI is InChI=1S/C9H12O3/c1-2-8(9(10)11)5-7-3-4-12-6-7/h3-4,6,8H,2,5H2,1H3,(H,10,11). The first-order valence-electron chi connectivity index (χ1n) is 3.98. The Bertz CT molecular complexity index is 238. The molecule has 0 spiro atoms. The highest BCUT2D eigenvalue weighted by atomic mass is 16.4. The third kappa shape index (κ3) is 2.12. The first-order chi connectivity index (χ1) is 5.74. The molecule has 1 unspecified atom stereocenters. The van der Waals surface area contributed by atoms with E-state index in [9.17, 15) is 4.79 Å². The number of furan rings is 1. The van der Waals surface area contributed by atoms with Gasteiger partial charge in [-0.05, 0) is 24.5 Å². The summed E-state index contributed by atoms with van der Waals surface area (Å²) >= 11 is 0. The van der Waals surface area contributed by atoms with Crippen molar-refractivity contribution in [3.05, 3.63) is 24.2 Å². The van der Waals surface area contributed by atoms with Crippen molar-refractivity contribution in [1.29, 1.82) is 0 Å². The molecule has 3 nitrogen and oxygen atoms in total. The minimum absolute atomic E-state index is 0.289. The zero-order valence-electron chi connectivity index (χ0n) is 6.99. The molecule has 1 aromatic rings. The molecule has 0 saturated heterocycles. The number of carboxylic acids is 1. The van der Waals surface area contributed by atoms with Gasteiger partial charge in [0.1, 0.15) is 0 Å². The van der Waals surface area contributed by atoms with Gasteiger partial charge in [0.2, 0.25) is 0 Å². The van der Waals surface area contributed by atoms with E-state index in [2.05, 4.69) is 0 Å². The SMILES string of the molecule is CCC(Cc1ccoc1)C(=O)O. The van der Waals surface area contributed by atoms with Crippen LogP contribution in [0.5, 0.6) is 0 Å². The quantitative estimate of drug-likeness (QED) is 0.747. The van der Waals surface area contributed by atoms with Crippen LogP contribution in [0, 0.1) is 5.92 Å². The van der Waals surface area contributed by atoms with E-state index in [1.165, 1.54) is 0 Å². The van der Waals surface area contributed by atoms with Gasteiger partial charge < -0.3 is 9.52 Å². The molecule has 0 aliphatic heterocycles. The second-order valence-corrected chi connectivity index (χ2v) is 2.78. The van der Waals surface area contributed by atoms with Gasteiger partial charge in [0.15, 0.2) is 0 Å². The van der Waals surface area contributed by atoms with Crippen LogP contribution >= 0.6 is 0 Å². The molecule has 3 heteroatoms. The topological polar surface area (TPSA) is 50.4 Å². The highest BCUT2D eigenvalue weighted by molar-refractivity contribution is 5.70. The summed E-state index contributed by atoms with van der Waals surface area (Å²) < 4.78 is 4.85. The van der Waals surface area contributed by atoms with Crippen LogP contribution in [0.3, 0.4) is 0 Å². The fourth-order valence-electron chi connectivity index (χ4n) is 1.10. The van der Waals surface area contributed by atoms with Crippen LogP contribution in [0.2, 0.25) is 0 Å². The van der Waals surface area contributed by atoms with Crippen molar-refractivity contribution in [2.45, 2.75) is 19.8 Å². The van der Waals surface area contributed by atoms with E-state index in [4.69, 9.17) is 9.52 Å². The first-order valence-corrected chi connectivity index (χ1v) is 3.98. The van der Waals surface area contributed by atoms with Gasteiger partial charge in [0.05, 0.1) is 18.4 Å². The van der Waals surface area contributed by atoms with Crippen molar-refractivity contribution in [1.82, 2.24) is 0 Å². The molecule has 66 valence electrons. The largest absolute Gasteiger partial charge is 0.481 e. The number of rotatable bonds is 4. The van der Waals surface area contributed by atoms with Gasteiger partial charge in [0, 0.05) is 0 Å². The minimum Gasteiger partial charge on any atom is -0.481 e. The average Bonchev–Trinajstić information content (AvgIpc) is 2.51. The Kier molecular flexibility index (Phi) is 2.91. The van der Waals surface area contributed by atoms with E-state index in [0.717, 1.165) is 5.56 Å². The van der Waals surface area contributed by atoms with Crippen LogP contribution in [0.4, 0.5) is 0 Å². The maximum Gasteiger partial charge on any atom is 0.306 e. The van der Waals surface area contributed by atoms with E-state index in [0.29, 0.717) is 12.8 Å². The Hall–Kier alpha value is -1.25. The fourth-order valence-corrected chi connectivity index (χ4v) is 1.10. The van der Waals surface area contributed by atoms with Crippen molar-refractivity contribution in [3.8, 4) is 0 Å². The summed E-state index contributed by atoms with van der Waals surface area (Å²) in [6.45, 7) is 1.87.